The number of amides is 2. The van der Waals surface area contributed by atoms with Crippen molar-refractivity contribution in [2.75, 3.05) is 12.4 Å². The summed E-state index contributed by atoms with van der Waals surface area (Å²) >= 11 is 0.656. The first-order valence-corrected chi connectivity index (χ1v) is 9.75. The number of nitrogens with one attached hydrogen (secondary N) is 2. The number of thiophene rings is 1. The van der Waals surface area contributed by atoms with Crippen LogP contribution in [0.3, 0.4) is 0 Å². The number of hydrogen-bond acceptors (Lipinski definition) is 7. The third kappa shape index (κ3) is 4.86. The van der Waals surface area contributed by atoms with Gasteiger partial charge in [-0.25, -0.2) is 22.9 Å². The fourth-order valence-electron chi connectivity index (χ4n) is 2.12. The van der Waals surface area contributed by atoms with Gasteiger partial charge in [-0.15, -0.1) is 11.3 Å². The third-order valence-electron chi connectivity index (χ3n) is 3.20. The summed E-state index contributed by atoms with van der Waals surface area (Å²) in [6, 6.07) is 0.165. The highest BCUT2D eigenvalue weighted by atomic mass is 32.2. The van der Waals surface area contributed by atoms with Gasteiger partial charge in [-0.2, -0.15) is 18.2 Å². The van der Waals surface area contributed by atoms with Crippen LogP contribution in [-0.2, 0) is 22.6 Å². The molecule has 148 valence electrons. The number of aromatic nitrogens is 2. The summed E-state index contributed by atoms with van der Waals surface area (Å²) in [5.74, 6) is -0.150. The Morgan fingerprint density at radius 2 is 2.00 bits per heavy atom. The molecule has 0 saturated carbocycles. The number of sulfonamides is 1. The minimum atomic E-state index is -4.88. The van der Waals surface area contributed by atoms with E-state index in [2.05, 4.69) is 15.3 Å². The molecule has 13 heteroatoms. The number of carbonyl (C=O) groups is 1. The average Bonchev–Trinajstić information content (AvgIpc) is 2.98. The first kappa shape index (κ1) is 20.9. The number of methoxy groups -OCH3 is 1. The number of carbonyl (C=O) groups excluding carboxylic acids is 1. The van der Waals surface area contributed by atoms with Crippen LogP contribution in [-0.4, -0.2) is 31.5 Å². The van der Waals surface area contributed by atoms with Crippen LogP contribution < -0.4 is 14.8 Å². The monoisotopic (exact) mass is 424 g/mol. The molecule has 0 atom stereocenters. The molecule has 0 radical (unpaired) electrons. The lowest BCUT2D eigenvalue weighted by Crippen LogP contribution is -2.36. The highest BCUT2D eigenvalue weighted by Crippen LogP contribution is 2.39. The molecule has 8 nitrogen and oxygen atoms in total. The number of alkyl halides is 3. The van der Waals surface area contributed by atoms with Crippen LogP contribution in [0.1, 0.15) is 23.1 Å². The van der Waals surface area contributed by atoms with Crippen molar-refractivity contribution in [3.8, 4) is 5.88 Å². The van der Waals surface area contributed by atoms with E-state index in [0.29, 0.717) is 22.4 Å². The van der Waals surface area contributed by atoms with E-state index < -0.39 is 32.7 Å². The minimum absolute atomic E-state index is 0.0175. The summed E-state index contributed by atoms with van der Waals surface area (Å²) in [7, 11) is -3.45. The van der Waals surface area contributed by atoms with Gasteiger partial charge in [-0.1, -0.05) is 6.92 Å². The predicted octanol–water partition coefficient (Wildman–Crippen LogP) is 2.95. The van der Waals surface area contributed by atoms with E-state index in [-0.39, 0.29) is 23.1 Å². The average molecular weight is 424 g/mol. The van der Waals surface area contributed by atoms with Crippen LogP contribution in [0.5, 0.6) is 5.88 Å². The van der Waals surface area contributed by atoms with E-state index in [4.69, 9.17) is 4.74 Å². The van der Waals surface area contributed by atoms with Gasteiger partial charge in [0.1, 0.15) is 4.90 Å². The van der Waals surface area contributed by atoms with Crippen LogP contribution >= 0.6 is 11.3 Å². The third-order valence-corrected chi connectivity index (χ3v) is 5.92. The van der Waals surface area contributed by atoms with Crippen molar-refractivity contribution in [2.24, 2.45) is 0 Å². The van der Waals surface area contributed by atoms with E-state index in [1.165, 1.54) is 20.1 Å². The standard InChI is InChI=1S/C14H15F3N4O4S2/c1-4-9-11(8(6-26-9)14(15,16)17)27(23,24)21-13(22)20-12-18-7(2)5-10(19-12)25-3/h5-6H,4H2,1-3H3,(H2,18,19,20,21,22). The maximum absolute atomic E-state index is 13.1. The molecule has 0 aliphatic carbocycles. The Balaban J connectivity index is 2.30. The zero-order chi connectivity index (χ0) is 20.4. The van der Waals surface area contributed by atoms with Crippen LogP contribution in [0.25, 0.3) is 0 Å². The zero-order valence-electron chi connectivity index (χ0n) is 14.3. The SMILES string of the molecule is CCc1scc(C(F)(F)F)c1S(=O)(=O)NC(=O)Nc1nc(C)cc(OC)n1. The number of hydrogen-bond donors (Lipinski definition) is 2. The highest BCUT2D eigenvalue weighted by molar-refractivity contribution is 7.90. The van der Waals surface area contributed by atoms with E-state index >= 15 is 0 Å². The largest absolute Gasteiger partial charge is 0.481 e. The molecular weight excluding hydrogens is 409 g/mol. The molecule has 0 saturated heterocycles. The zero-order valence-corrected chi connectivity index (χ0v) is 16.0. The van der Waals surface area contributed by atoms with E-state index in [1.54, 1.807) is 11.6 Å². The molecule has 0 aliphatic rings. The van der Waals surface area contributed by atoms with Crippen molar-refractivity contribution >= 4 is 33.3 Å². The van der Waals surface area contributed by atoms with Crippen molar-refractivity contribution in [2.45, 2.75) is 31.3 Å². The van der Waals surface area contributed by atoms with Crippen molar-refractivity contribution in [1.29, 1.82) is 0 Å². The lowest BCUT2D eigenvalue weighted by atomic mass is 10.3. The molecule has 2 aromatic heterocycles. The molecule has 0 spiro atoms. The second-order valence-corrected chi connectivity index (χ2v) is 7.77. The molecule has 27 heavy (non-hydrogen) atoms. The number of aryl methyl sites for hydroxylation is 2. The van der Waals surface area contributed by atoms with Gasteiger partial charge in [0.25, 0.3) is 10.0 Å². The van der Waals surface area contributed by atoms with Crippen molar-refractivity contribution in [1.82, 2.24) is 14.7 Å². The van der Waals surface area contributed by atoms with Gasteiger partial charge in [-0.05, 0) is 13.3 Å². The van der Waals surface area contributed by atoms with Gasteiger partial charge in [0.15, 0.2) is 0 Å². The Morgan fingerprint density at radius 1 is 1.33 bits per heavy atom. The Hall–Kier alpha value is -2.41. The van der Waals surface area contributed by atoms with Gasteiger partial charge in [-0.3, -0.25) is 5.32 Å². The van der Waals surface area contributed by atoms with Gasteiger partial charge >= 0.3 is 12.2 Å². The van der Waals surface area contributed by atoms with E-state index in [9.17, 15) is 26.4 Å². The number of ether oxygens (including phenoxy) is 1. The van der Waals surface area contributed by atoms with Gasteiger partial charge < -0.3 is 4.74 Å². The first-order valence-electron chi connectivity index (χ1n) is 7.39. The molecule has 2 rings (SSSR count). The van der Waals surface area contributed by atoms with Crippen molar-refractivity contribution in [3.63, 3.8) is 0 Å². The Morgan fingerprint density at radius 3 is 2.56 bits per heavy atom. The summed E-state index contributed by atoms with van der Waals surface area (Å²) in [5, 5.41) is 2.77. The Bertz CT molecular complexity index is 958. The number of urea groups is 1. The molecule has 2 aromatic rings. The molecular formula is C14H15F3N4O4S2. The van der Waals surface area contributed by atoms with E-state index in [0.717, 1.165) is 0 Å². The van der Waals surface area contributed by atoms with Crippen molar-refractivity contribution in [3.05, 3.63) is 27.6 Å². The first-order chi connectivity index (χ1) is 12.5. The number of anilines is 1. The van der Waals surface area contributed by atoms with Crippen molar-refractivity contribution < 1.29 is 31.1 Å². The molecule has 2 amide bonds. The fraction of sp³-hybridized carbons (Fsp3) is 0.357. The number of nitrogens with zero attached hydrogens (tertiary/aromatic N) is 2. The van der Waals surface area contributed by atoms with Crippen LogP contribution in [0.2, 0.25) is 0 Å². The lowest BCUT2D eigenvalue weighted by molar-refractivity contribution is -0.139. The van der Waals surface area contributed by atoms with Gasteiger partial charge in [0, 0.05) is 22.0 Å². The second-order valence-electron chi connectivity index (χ2n) is 5.19. The summed E-state index contributed by atoms with van der Waals surface area (Å²) in [6.07, 6.45) is -4.83. The second kappa shape index (κ2) is 7.68. The predicted molar refractivity (Wildman–Crippen MR) is 91.4 cm³/mol. The Labute approximate surface area is 156 Å². The summed E-state index contributed by atoms with van der Waals surface area (Å²) in [5.41, 5.74) is -0.899. The van der Waals surface area contributed by atoms with Crippen LogP contribution in [0.15, 0.2) is 16.3 Å². The van der Waals surface area contributed by atoms with Gasteiger partial charge in [0.05, 0.1) is 12.7 Å². The topological polar surface area (TPSA) is 110 Å². The van der Waals surface area contributed by atoms with E-state index in [1.807, 2.05) is 0 Å². The normalized spacial score (nSPS) is 11.9. The molecule has 0 fully saturated rings. The molecule has 0 unspecified atom stereocenters. The van der Waals surface area contributed by atoms with Gasteiger partial charge in [0.2, 0.25) is 11.8 Å². The quantitative estimate of drug-likeness (QED) is 0.764. The minimum Gasteiger partial charge on any atom is -0.481 e. The maximum Gasteiger partial charge on any atom is 0.418 e. The molecule has 0 aliphatic heterocycles. The molecule has 0 bridgehead atoms. The number of halogens is 3. The fourth-order valence-corrected chi connectivity index (χ4v) is 4.87. The smallest absolute Gasteiger partial charge is 0.418 e. The van der Waals surface area contributed by atoms with Crippen LogP contribution in [0, 0.1) is 6.92 Å². The summed E-state index contributed by atoms with van der Waals surface area (Å²) < 4.78 is 70.6. The molecule has 2 heterocycles. The maximum atomic E-state index is 13.1. The Kier molecular flexibility index (Phi) is 5.94. The molecule has 2 N–H and O–H groups in total. The highest BCUT2D eigenvalue weighted by Gasteiger charge is 2.40. The molecule has 0 aromatic carbocycles. The lowest BCUT2D eigenvalue weighted by Gasteiger charge is -2.12. The number of rotatable bonds is 5. The van der Waals surface area contributed by atoms with Crippen LogP contribution in [0.4, 0.5) is 23.9 Å². The summed E-state index contributed by atoms with van der Waals surface area (Å²) in [6.45, 7) is 3.09. The summed E-state index contributed by atoms with van der Waals surface area (Å²) in [4.78, 5) is 18.7.